The molecule has 0 fully saturated rings. The van der Waals surface area contributed by atoms with E-state index in [1.165, 1.54) is 77.6 Å². The third-order valence-corrected chi connectivity index (χ3v) is 8.49. The molecule has 0 saturated carbocycles. The minimum Gasteiger partial charge on any atom is -0.309 e. The summed E-state index contributed by atoms with van der Waals surface area (Å²) in [5.41, 5.74) is 18.9. The number of hydrogen-bond donors (Lipinski definition) is 0. The maximum absolute atomic E-state index is 2.53. The van der Waals surface area contributed by atoms with Crippen molar-refractivity contribution >= 4 is 21.8 Å². The molecule has 2 aliphatic carbocycles. The average molecular weight is 432 g/mol. The molecule has 0 N–H and O–H groups in total. The van der Waals surface area contributed by atoms with Crippen molar-refractivity contribution in [2.24, 2.45) is 0 Å². The molecule has 1 aliphatic heterocycles. The number of fused-ring (bicyclic) bond motifs is 13. The van der Waals surface area contributed by atoms with E-state index in [2.05, 4.69) is 95.6 Å². The van der Waals surface area contributed by atoms with Gasteiger partial charge in [-0.2, -0.15) is 0 Å². The SMILES string of the molecule is c1ccc2c(c1)Cc1c-2ccc2c1-c1cc3c4ccccc4n4c3c(c1C2)Cc1ccccc1-4. The Kier molecular flexibility index (Phi) is 3.00. The Morgan fingerprint density at radius 3 is 2.24 bits per heavy atom. The van der Waals surface area contributed by atoms with Gasteiger partial charge in [0.1, 0.15) is 0 Å². The molecule has 0 saturated heterocycles. The molecule has 0 spiro atoms. The highest BCUT2D eigenvalue weighted by Gasteiger charge is 2.33. The summed E-state index contributed by atoms with van der Waals surface area (Å²) < 4.78 is 2.53. The van der Waals surface area contributed by atoms with Crippen LogP contribution >= 0.6 is 0 Å². The molecule has 6 aromatic rings. The summed E-state index contributed by atoms with van der Waals surface area (Å²) in [7, 11) is 0. The van der Waals surface area contributed by atoms with Crippen molar-refractivity contribution in [3.05, 3.63) is 124 Å². The van der Waals surface area contributed by atoms with Gasteiger partial charge < -0.3 is 4.57 Å². The van der Waals surface area contributed by atoms with E-state index in [4.69, 9.17) is 0 Å². The highest BCUT2D eigenvalue weighted by atomic mass is 15.0. The molecule has 0 radical (unpaired) electrons. The quantitative estimate of drug-likeness (QED) is 0.231. The zero-order valence-corrected chi connectivity index (χ0v) is 18.7. The molecule has 0 bridgehead atoms. The first-order valence-electron chi connectivity index (χ1n) is 12.3. The molecule has 34 heavy (non-hydrogen) atoms. The normalized spacial score (nSPS) is 14.1. The van der Waals surface area contributed by atoms with Crippen molar-refractivity contribution in [1.82, 2.24) is 4.57 Å². The number of aromatic nitrogens is 1. The Morgan fingerprint density at radius 2 is 1.26 bits per heavy atom. The summed E-state index contributed by atoms with van der Waals surface area (Å²) >= 11 is 0. The van der Waals surface area contributed by atoms with E-state index in [9.17, 15) is 0 Å². The lowest BCUT2D eigenvalue weighted by molar-refractivity contribution is 1.02. The van der Waals surface area contributed by atoms with Gasteiger partial charge in [0.2, 0.25) is 0 Å². The molecule has 2 heterocycles. The number of para-hydroxylation sites is 2. The van der Waals surface area contributed by atoms with E-state index in [1.807, 2.05) is 0 Å². The van der Waals surface area contributed by atoms with Crippen LogP contribution in [0.2, 0.25) is 0 Å². The van der Waals surface area contributed by atoms with E-state index in [1.54, 1.807) is 5.56 Å². The van der Waals surface area contributed by atoms with Crippen molar-refractivity contribution < 1.29 is 0 Å². The average Bonchev–Trinajstić information content (AvgIpc) is 3.55. The predicted molar refractivity (Wildman–Crippen MR) is 140 cm³/mol. The maximum atomic E-state index is 2.53. The molecular formula is C33H21N. The van der Waals surface area contributed by atoms with Gasteiger partial charge in [0.05, 0.1) is 11.0 Å². The zero-order chi connectivity index (χ0) is 22.0. The summed E-state index contributed by atoms with van der Waals surface area (Å²) in [6.07, 6.45) is 3.11. The molecule has 0 unspecified atom stereocenters. The summed E-state index contributed by atoms with van der Waals surface area (Å²) in [6, 6.07) is 34.2. The largest absolute Gasteiger partial charge is 0.309 e. The summed E-state index contributed by atoms with van der Waals surface area (Å²) in [6.45, 7) is 0. The molecule has 1 nitrogen and oxygen atoms in total. The van der Waals surface area contributed by atoms with Crippen molar-refractivity contribution in [3.8, 4) is 27.9 Å². The lowest BCUT2D eigenvalue weighted by Gasteiger charge is -2.23. The predicted octanol–water partition coefficient (Wildman–Crippen LogP) is 7.83. The molecule has 0 atom stereocenters. The lowest BCUT2D eigenvalue weighted by atomic mass is 9.89. The van der Waals surface area contributed by atoms with Gasteiger partial charge in [-0.1, -0.05) is 72.8 Å². The van der Waals surface area contributed by atoms with E-state index in [-0.39, 0.29) is 0 Å². The van der Waals surface area contributed by atoms with E-state index < -0.39 is 0 Å². The molecule has 0 amide bonds. The fourth-order valence-corrected chi connectivity index (χ4v) is 7.11. The second-order valence-corrected chi connectivity index (χ2v) is 10.1. The second kappa shape index (κ2) is 5.87. The zero-order valence-electron chi connectivity index (χ0n) is 18.7. The number of benzene rings is 5. The highest BCUT2D eigenvalue weighted by molar-refractivity contribution is 6.13. The Morgan fingerprint density at radius 1 is 0.500 bits per heavy atom. The number of rotatable bonds is 0. The Bertz CT molecular complexity index is 1880. The molecule has 158 valence electrons. The van der Waals surface area contributed by atoms with Gasteiger partial charge in [0, 0.05) is 22.9 Å². The van der Waals surface area contributed by atoms with Crippen LogP contribution in [0.5, 0.6) is 0 Å². The smallest absolute Gasteiger partial charge is 0.0579 e. The van der Waals surface area contributed by atoms with Crippen molar-refractivity contribution in [1.29, 1.82) is 0 Å². The highest BCUT2D eigenvalue weighted by Crippen LogP contribution is 2.52. The first-order chi connectivity index (χ1) is 16.9. The van der Waals surface area contributed by atoms with Crippen molar-refractivity contribution in [3.63, 3.8) is 0 Å². The van der Waals surface area contributed by atoms with Crippen LogP contribution in [0.3, 0.4) is 0 Å². The maximum Gasteiger partial charge on any atom is 0.0579 e. The van der Waals surface area contributed by atoms with Crippen LogP contribution in [0.4, 0.5) is 0 Å². The molecule has 5 aromatic carbocycles. The van der Waals surface area contributed by atoms with Crippen LogP contribution in [-0.2, 0) is 19.3 Å². The van der Waals surface area contributed by atoms with Crippen LogP contribution in [0.1, 0.15) is 33.4 Å². The molecule has 1 aromatic heterocycles. The van der Waals surface area contributed by atoms with Gasteiger partial charge >= 0.3 is 0 Å². The summed E-state index contributed by atoms with van der Waals surface area (Å²) in [5, 5.41) is 2.77. The van der Waals surface area contributed by atoms with Crippen LogP contribution in [0, 0.1) is 0 Å². The summed E-state index contributed by atoms with van der Waals surface area (Å²) in [4.78, 5) is 0. The Balaban J connectivity index is 1.42. The minimum absolute atomic E-state index is 1.02. The fourth-order valence-electron chi connectivity index (χ4n) is 7.11. The lowest BCUT2D eigenvalue weighted by Crippen LogP contribution is -2.09. The van der Waals surface area contributed by atoms with Crippen LogP contribution in [0.15, 0.2) is 91.0 Å². The second-order valence-electron chi connectivity index (χ2n) is 10.1. The van der Waals surface area contributed by atoms with E-state index in [0.29, 0.717) is 0 Å². The van der Waals surface area contributed by atoms with Gasteiger partial charge in [0.15, 0.2) is 0 Å². The number of nitrogens with zero attached hydrogens (tertiary/aromatic N) is 1. The number of hydrogen-bond acceptors (Lipinski definition) is 0. The van der Waals surface area contributed by atoms with Crippen molar-refractivity contribution in [2.45, 2.75) is 19.3 Å². The Hall–Kier alpha value is -4.10. The Labute approximate surface area is 197 Å². The third kappa shape index (κ3) is 1.94. The summed E-state index contributed by atoms with van der Waals surface area (Å²) in [5.74, 6) is 0. The van der Waals surface area contributed by atoms with Gasteiger partial charge in [-0.25, -0.2) is 0 Å². The van der Waals surface area contributed by atoms with E-state index >= 15 is 0 Å². The standard InChI is InChI=1S/C33H21N/c1-3-9-22-19(7-1)15-26-23(22)14-13-21-17-25-27(32(21)26)18-29-24-10-4-6-12-31(24)34-30-11-5-2-8-20(30)16-28(25)33(29)34/h1-14,18H,15-17H2. The molecular weight excluding hydrogens is 410 g/mol. The van der Waals surface area contributed by atoms with Gasteiger partial charge in [-0.3, -0.25) is 0 Å². The first-order valence-corrected chi connectivity index (χ1v) is 12.3. The van der Waals surface area contributed by atoms with Gasteiger partial charge in [-0.15, -0.1) is 0 Å². The molecule has 1 heteroatoms. The van der Waals surface area contributed by atoms with Crippen molar-refractivity contribution in [2.75, 3.05) is 0 Å². The first kappa shape index (κ1) is 17.4. The van der Waals surface area contributed by atoms with Crippen LogP contribution < -0.4 is 0 Å². The van der Waals surface area contributed by atoms with Crippen LogP contribution in [0.25, 0.3) is 49.7 Å². The monoisotopic (exact) mass is 431 g/mol. The van der Waals surface area contributed by atoms with Gasteiger partial charge in [-0.05, 0) is 86.7 Å². The third-order valence-electron chi connectivity index (χ3n) is 8.49. The fraction of sp³-hybridized carbons (Fsp3) is 0.0909. The molecule has 3 aliphatic rings. The van der Waals surface area contributed by atoms with Crippen LogP contribution in [-0.4, -0.2) is 4.57 Å². The minimum atomic E-state index is 1.02. The van der Waals surface area contributed by atoms with Gasteiger partial charge in [0.25, 0.3) is 0 Å². The topological polar surface area (TPSA) is 4.93 Å². The molecule has 9 rings (SSSR count). The van der Waals surface area contributed by atoms with E-state index in [0.717, 1.165) is 19.3 Å².